The number of anilines is 1. The fourth-order valence-electron chi connectivity index (χ4n) is 2.74. The van der Waals surface area contributed by atoms with Crippen LogP contribution >= 0.6 is 31.9 Å². The predicted molar refractivity (Wildman–Crippen MR) is 100 cm³/mol. The van der Waals surface area contributed by atoms with E-state index in [4.69, 9.17) is 5.73 Å². The lowest BCUT2D eigenvalue weighted by atomic mass is 9.99. The van der Waals surface area contributed by atoms with Gasteiger partial charge in [0.2, 0.25) is 5.96 Å². The molecule has 0 atom stereocenters. The number of nitrogens with two attached hydrogens (primary N) is 1. The Bertz CT molecular complexity index is 834. The summed E-state index contributed by atoms with van der Waals surface area (Å²) in [7, 11) is 0. The van der Waals surface area contributed by atoms with Gasteiger partial charge in [-0.05, 0) is 64.7 Å². The van der Waals surface area contributed by atoms with Crippen molar-refractivity contribution < 1.29 is 13.2 Å². The number of rotatable bonds is 1. The predicted octanol–water partition coefficient (Wildman–Crippen LogP) is 5.63. The van der Waals surface area contributed by atoms with Gasteiger partial charge in [-0.2, -0.15) is 13.2 Å². The molecule has 3 nitrogen and oxygen atoms in total. The van der Waals surface area contributed by atoms with Crippen LogP contribution in [0.2, 0.25) is 0 Å². The number of fused-ring (bicyclic) bond motifs is 1. The molecule has 2 aromatic carbocycles. The summed E-state index contributed by atoms with van der Waals surface area (Å²) in [6.07, 6.45) is -2.87. The van der Waals surface area contributed by atoms with Gasteiger partial charge >= 0.3 is 6.18 Å². The van der Waals surface area contributed by atoms with Gasteiger partial charge in [0.25, 0.3) is 0 Å². The number of nitrogens with zero attached hydrogens (tertiary/aromatic N) is 2. The molecule has 0 bridgehead atoms. The molecule has 0 saturated heterocycles. The van der Waals surface area contributed by atoms with Crippen LogP contribution in [0.3, 0.4) is 0 Å². The SMILES string of the molecule is NC(=Nc1cc(Br)ccc1Br)N1CCCc2ccc(C(F)(F)F)cc21. The molecular weight excluding hydrogens is 463 g/mol. The molecule has 1 heterocycles. The highest BCUT2D eigenvalue weighted by molar-refractivity contribution is 9.11. The van der Waals surface area contributed by atoms with Gasteiger partial charge in [0, 0.05) is 21.2 Å². The average Bonchev–Trinajstić information content (AvgIpc) is 2.56. The van der Waals surface area contributed by atoms with E-state index >= 15 is 0 Å². The first-order valence-corrected chi connectivity index (χ1v) is 9.11. The first-order chi connectivity index (χ1) is 11.8. The number of halogens is 5. The molecule has 132 valence electrons. The van der Waals surface area contributed by atoms with Crippen molar-refractivity contribution in [2.45, 2.75) is 19.0 Å². The van der Waals surface area contributed by atoms with Gasteiger partial charge < -0.3 is 10.6 Å². The molecule has 0 spiro atoms. The maximum absolute atomic E-state index is 13.0. The maximum Gasteiger partial charge on any atom is 0.416 e. The topological polar surface area (TPSA) is 41.6 Å². The van der Waals surface area contributed by atoms with Crippen molar-refractivity contribution in [2.24, 2.45) is 10.7 Å². The normalized spacial score (nSPS) is 15.2. The van der Waals surface area contributed by atoms with Gasteiger partial charge in [-0.25, -0.2) is 4.99 Å². The van der Waals surface area contributed by atoms with Crippen molar-refractivity contribution in [3.63, 3.8) is 0 Å². The van der Waals surface area contributed by atoms with Gasteiger partial charge in [-0.1, -0.05) is 22.0 Å². The Morgan fingerprint density at radius 3 is 2.60 bits per heavy atom. The largest absolute Gasteiger partial charge is 0.416 e. The Hall–Kier alpha value is -1.54. The lowest BCUT2D eigenvalue weighted by Crippen LogP contribution is -2.40. The van der Waals surface area contributed by atoms with Crippen LogP contribution in [0.25, 0.3) is 0 Å². The summed E-state index contributed by atoms with van der Waals surface area (Å²) in [5.74, 6) is 0.166. The second-order valence-electron chi connectivity index (χ2n) is 5.66. The number of aliphatic imine (C=N–C) groups is 1. The standard InChI is InChI=1S/C17H14Br2F3N3/c18-12-5-6-13(19)14(9-12)24-16(23)25-7-1-2-10-3-4-11(8-15(10)25)17(20,21)22/h3-6,8-9H,1-2,7H2,(H2,23,24). The van der Waals surface area contributed by atoms with Crippen molar-refractivity contribution in [1.29, 1.82) is 0 Å². The van der Waals surface area contributed by atoms with E-state index < -0.39 is 11.7 Å². The highest BCUT2D eigenvalue weighted by Crippen LogP contribution is 2.36. The van der Waals surface area contributed by atoms with E-state index in [0.717, 1.165) is 39.5 Å². The molecular formula is C17H14Br2F3N3. The number of hydrogen-bond donors (Lipinski definition) is 1. The van der Waals surface area contributed by atoms with Gasteiger partial charge in [0.15, 0.2) is 0 Å². The number of alkyl halides is 3. The summed E-state index contributed by atoms with van der Waals surface area (Å²) < 4.78 is 40.7. The molecule has 0 saturated carbocycles. The van der Waals surface area contributed by atoms with Crippen LogP contribution in [-0.4, -0.2) is 12.5 Å². The molecule has 3 rings (SSSR count). The van der Waals surface area contributed by atoms with Crippen LogP contribution in [0.4, 0.5) is 24.5 Å². The third-order valence-corrected chi connectivity index (χ3v) is 5.11. The minimum Gasteiger partial charge on any atom is -0.369 e. The highest BCUT2D eigenvalue weighted by Gasteiger charge is 2.32. The van der Waals surface area contributed by atoms with E-state index in [0.29, 0.717) is 17.9 Å². The van der Waals surface area contributed by atoms with E-state index in [1.807, 2.05) is 12.1 Å². The fraction of sp³-hybridized carbons (Fsp3) is 0.235. The lowest BCUT2D eigenvalue weighted by Gasteiger charge is -2.31. The molecule has 1 aliphatic rings. The van der Waals surface area contributed by atoms with E-state index in [9.17, 15) is 13.2 Å². The van der Waals surface area contributed by atoms with Crippen molar-refractivity contribution in [3.8, 4) is 0 Å². The Balaban J connectivity index is 2.02. The number of guanidine groups is 1. The summed E-state index contributed by atoms with van der Waals surface area (Å²) in [6.45, 7) is 0.523. The zero-order valence-electron chi connectivity index (χ0n) is 12.9. The zero-order valence-corrected chi connectivity index (χ0v) is 16.1. The molecule has 2 N–H and O–H groups in total. The Morgan fingerprint density at radius 2 is 1.88 bits per heavy atom. The second-order valence-corrected chi connectivity index (χ2v) is 7.43. The van der Waals surface area contributed by atoms with Crippen LogP contribution in [0.5, 0.6) is 0 Å². The summed E-state index contributed by atoms with van der Waals surface area (Å²) in [4.78, 5) is 6.04. The second kappa shape index (κ2) is 6.99. The monoisotopic (exact) mass is 475 g/mol. The molecule has 1 aliphatic heterocycles. The molecule has 0 fully saturated rings. The van der Waals surface area contributed by atoms with Crippen molar-refractivity contribution >= 4 is 49.2 Å². The van der Waals surface area contributed by atoms with Crippen LogP contribution in [-0.2, 0) is 12.6 Å². The molecule has 25 heavy (non-hydrogen) atoms. The summed E-state index contributed by atoms with van der Waals surface area (Å²) in [6, 6.07) is 9.24. The molecule has 0 aromatic heterocycles. The molecule has 0 unspecified atom stereocenters. The van der Waals surface area contributed by atoms with Crippen LogP contribution in [0.1, 0.15) is 17.5 Å². The van der Waals surface area contributed by atoms with Gasteiger partial charge in [-0.3, -0.25) is 0 Å². The number of hydrogen-bond acceptors (Lipinski definition) is 1. The van der Waals surface area contributed by atoms with Crippen molar-refractivity contribution in [1.82, 2.24) is 0 Å². The quantitative estimate of drug-likeness (QED) is 0.428. The third kappa shape index (κ3) is 4.00. The average molecular weight is 477 g/mol. The number of benzene rings is 2. The van der Waals surface area contributed by atoms with Gasteiger partial charge in [0.1, 0.15) is 0 Å². The smallest absolute Gasteiger partial charge is 0.369 e. The fourth-order valence-corrected chi connectivity index (χ4v) is 3.43. The molecule has 0 amide bonds. The molecule has 0 radical (unpaired) electrons. The third-order valence-electron chi connectivity index (χ3n) is 3.95. The Labute approximate surface area is 160 Å². The Morgan fingerprint density at radius 1 is 1.12 bits per heavy atom. The van der Waals surface area contributed by atoms with E-state index in [-0.39, 0.29) is 5.96 Å². The number of aryl methyl sites for hydroxylation is 1. The summed E-state index contributed by atoms with van der Waals surface area (Å²) in [5, 5.41) is 0. The van der Waals surface area contributed by atoms with E-state index in [1.165, 1.54) is 6.07 Å². The van der Waals surface area contributed by atoms with Gasteiger partial charge in [-0.15, -0.1) is 0 Å². The van der Waals surface area contributed by atoms with E-state index in [2.05, 4.69) is 36.9 Å². The molecule has 0 aliphatic carbocycles. The van der Waals surface area contributed by atoms with Crippen molar-refractivity contribution in [3.05, 3.63) is 56.5 Å². The first kappa shape index (κ1) is 18.3. The minimum atomic E-state index is -4.39. The Kier molecular flexibility index (Phi) is 5.11. The maximum atomic E-state index is 13.0. The molecule has 8 heteroatoms. The van der Waals surface area contributed by atoms with Crippen LogP contribution in [0.15, 0.2) is 50.3 Å². The summed E-state index contributed by atoms with van der Waals surface area (Å²) in [5.41, 5.74) is 7.35. The molecule has 2 aromatic rings. The first-order valence-electron chi connectivity index (χ1n) is 7.52. The van der Waals surface area contributed by atoms with Crippen LogP contribution in [0, 0.1) is 0 Å². The summed E-state index contributed by atoms with van der Waals surface area (Å²) >= 11 is 6.77. The highest BCUT2D eigenvalue weighted by atomic mass is 79.9. The lowest BCUT2D eigenvalue weighted by molar-refractivity contribution is -0.137. The zero-order chi connectivity index (χ0) is 18.2. The van der Waals surface area contributed by atoms with E-state index in [1.54, 1.807) is 11.0 Å². The van der Waals surface area contributed by atoms with Crippen LogP contribution < -0.4 is 10.6 Å². The van der Waals surface area contributed by atoms with Crippen molar-refractivity contribution in [2.75, 3.05) is 11.4 Å². The minimum absolute atomic E-state index is 0.166. The van der Waals surface area contributed by atoms with Gasteiger partial charge in [0.05, 0.1) is 11.3 Å².